The van der Waals surface area contributed by atoms with E-state index in [2.05, 4.69) is 102 Å². The van der Waals surface area contributed by atoms with Crippen LogP contribution in [-0.4, -0.2) is 0 Å². The summed E-state index contributed by atoms with van der Waals surface area (Å²) in [5.41, 5.74) is 4.87. The predicted molar refractivity (Wildman–Crippen MR) is 164 cm³/mol. The van der Waals surface area contributed by atoms with Crippen molar-refractivity contribution >= 4 is 92.9 Å². The van der Waals surface area contributed by atoms with Gasteiger partial charge in [-0.15, -0.1) is 11.3 Å². The van der Waals surface area contributed by atoms with Gasteiger partial charge in [-0.05, 0) is 59.3 Å². The van der Waals surface area contributed by atoms with Crippen LogP contribution in [0.2, 0.25) is 5.02 Å². The summed E-state index contributed by atoms with van der Waals surface area (Å²) in [5, 5.41) is 7.85. The highest BCUT2D eigenvalue weighted by molar-refractivity contribution is 7.26. The van der Waals surface area contributed by atoms with Gasteiger partial charge in [0.2, 0.25) is 0 Å². The number of fused-ring (bicyclic) bond motifs is 8. The number of halogens is 1. The quantitative estimate of drug-likeness (QED) is 0.228. The lowest BCUT2D eigenvalue weighted by atomic mass is 10.0. The highest BCUT2D eigenvalue weighted by atomic mass is 35.5. The first-order valence-electron chi connectivity index (χ1n) is 12.6. The first-order valence-corrected chi connectivity index (χ1v) is 13.7. The summed E-state index contributed by atoms with van der Waals surface area (Å²) in [6.45, 7) is 0. The number of thiophene rings is 1. The fraction of sp³-hybridized carbons (Fsp3) is 0. The maximum absolute atomic E-state index is 7.06. The van der Waals surface area contributed by atoms with Crippen LogP contribution in [0.1, 0.15) is 0 Å². The van der Waals surface area contributed by atoms with Crippen LogP contribution < -0.4 is 4.90 Å². The molecule has 8 aromatic rings. The van der Waals surface area contributed by atoms with E-state index in [1.807, 2.05) is 24.3 Å². The third kappa shape index (κ3) is 3.19. The topological polar surface area (TPSA) is 16.4 Å². The second-order valence-corrected chi connectivity index (χ2v) is 10.9. The number of rotatable bonds is 3. The van der Waals surface area contributed by atoms with Crippen molar-refractivity contribution in [2.45, 2.75) is 0 Å². The zero-order valence-electron chi connectivity index (χ0n) is 20.2. The Labute approximate surface area is 227 Å². The summed E-state index contributed by atoms with van der Waals surface area (Å²) in [6, 6.07) is 42.3. The van der Waals surface area contributed by atoms with Crippen molar-refractivity contribution in [3.8, 4) is 0 Å². The minimum Gasteiger partial charge on any atom is -0.456 e. The van der Waals surface area contributed by atoms with Crippen molar-refractivity contribution in [3.05, 3.63) is 126 Å². The molecule has 180 valence electrons. The maximum Gasteiger partial charge on any atom is 0.137 e. The fourth-order valence-electron chi connectivity index (χ4n) is 5.67. The van der Waals surface area contributed by atoms with Crippen LogP contribution in [-0.2, 0) is 0 Å². The Bertz CT molecular complexity index is 2160. The zero-order valence-corrected chi connectivity index (χ0v) is 21.8. The molecule has 0 aliphatic carbocycles. The molecule has 0 bridgehead atoms. The lowest BCUT2D eigenvalue weighted by molar-refractivity contribution is 0.669. The molecule has 0 aliphatic rings. The minimum absolute atomic E-state index is 0.757. The first-order chi connectivity index (χ1) is 18.8. The molecule has 2 nitrogen and oxygen atoms in total. The highest BCUT2D eigenvalue weighted by Gasteiger charge is 2.21. The van der Waals surface area contributed by atoms with Crippen LogP contribution in [0.25, 0.3) is 52.9 Å². The Kier molecular flexibility index (Phi) is 4.78. The molecule has 0 radical (unpaired) electrons. The van der Waals surface area contributed by atoms with E-state index >= 15 is 0 Å². The molecule has 0 N–H and O–H groups in total. The van der Waals surface area contributed by atoms with Gasteiger partial charge in [0.1, 0.15) is 11.2 Å². The Hall–Kier alpha value is -4.31. The van der Waals surface area contributed by atoms with Crippen molar-refractivity contribution in [3.63, 3.8) is 0 Å². The number of hydrogen-bond acceptors (Lipinski definition) is 3. The summed E-state index contributed by atoms with van der Waals surface area (Å²) in [4.78, 5) is 2.30. The van der Waals surface area contributed by atoms with Crippen molar-refractivity contribution in [1.29, 1.82) is 0 Å². The molecule has 0 atom stereocenters. The number of hydrogen-bond donors (Lipinski definition) is 0. The molecule has 0 aliphatic heterocycles. The molecule has 0 amide bonds. The summed E-state index contributed by atoms with van der Waals surface area (Å²) in [5.74, 6) is 0. The Morgan fingerprint density at radius 1 is 0.579 bits per heavy atom. The summed E-state index contributed by atoms with van der Waals surface area (Å²) < 4.78 is 8.61. The van der Waals surface area contributed by atoms with Gasteiger partial charge in [-0.25, -0.2) is 0 Å². The van der Waals surface area contributed by atoms with Gasteiger partial charge in [0.15, 0.2) is 0 Å². The summed E-state index contributed by atoms with van der Waals surface area (Å²) in [6.07, 6.45) is 0. The second-order valence-electron chi connectivity index (χ2n) is 9.49. The van der Waals surface area contributed by atoms with E-state index in [9.17, 15) is 0 Å². The highest BCUT2D eigenvalue weighted by Crippen LogP contribution is 2.47. The molecule has 0 saturated carbocycles. The van der Waals surface area contributed by atoms with E-state index in [0.717, 1.165) is 48.7 Å². The van der Waals surface area contributed by atoms with Crippen molar-refractivity contribution in [2.24, 2.45) is 0 Å². The van der Waals surface area contributed by atoms with E-state index in [-0.39, 0.29) is 0 Å². The van der Waals surface area contributed by atoms with E-state index in [4.69, 9.17) is 16.0 Å². The van der Waals surface area contributed by atoms with Crippen LogP contribution in [0.5, 0.6) is 0 Å². The smallest absolute Gasteiger partial charge is 0.137 e. The van der Waals surface area contributed by atoms with Crippen LogP contribution in [0.3, 0.4) is 0 Å². The molecule has 0 unspecified atom stereocenters. The third-order valence-electron chi connectivity index (χ3n) is 7.29. The van der Waals surface area contributed by atoms with Gasteiger partial charge in [-0.3, -0.25) is 0 Å². The molecule has 38 heavy (non-hydrogen) atoms. The average Bonchev–Trinajstić information content (AvgIpc) is 3.53. The molecular formula is C34H20ClNOS. The van der Waals surface area contributed by atoms with Crippen LogP contribution in [0, 0.1) is 0 Å². The van der Waals surface area contributed by atoms with Gasteiger partial charge in [0.05, 0.1) is 20.8 Å². The first kappa shape index (κ1) is 21.7. The Morgan fingerprint density at radius 3 is 2.24 bits per heavy atom. The van der Waals surface area contributed by atoms with E-state index in [1.54, 1.807) is 11.3 Å². The van der Waals surface area contributed by atoms with E-state index in [0.29, 0.717) is 0 Å². The van der Waals surface area contributed by atoms with E-state index in [1.165, 1.54) is 26.2 Å². The number of para-hydroxylation sites is 2. The lowest BCUT2D eigenvalue weighted by Crippen LogP contribution is -2.10. The van der Waals surface area contributed by atoms with Gasteiger partial charge in [0, 0.05) is 32.2 Å². The SMILES string of the molecule is Clc1cc(N(c2ccccc2)c2cccc3oc4ccccc4c23)cc2c1sc1ccc3ccccc3c12. The number of benzene rings is 6. The number of nitrogens with zero attached hydrogens (tertiary/aromatic N) is 1. The van der Waals surface area contributed by atoms with Gasteiger partial charge < -0.3 is 9.32 Å². The molecule has 0 saturated heterocycles. The Balaban J connectivity index is 1.48. The third-order valence-corrected chi connectivity index (χ3v) is 8.91. The fourth-order valence-corrected chi connectivity index (χ4v) is 7.10. The van der Waals surface area contributed by atoms with Crippen molar-refractivity contribution in [2.75, 3.05) is 4.90 Å². The lowest BCUT2D eigenvalue weighted by Gasteiger charge is -2.26. The monoisotopic (exact) mass is 525 g/mol. The standard InChI is InChI=1S/C34H20ClNOS/c35-27-20-23(19-26-32-24-12-5-4-9-21(24)17-18-31(32)38-34(26)27)36(22-10-2-1-3-11-22)28-14-8-16-30-33(28)25-13-6-7-15-29(25)37-30/h1-20H. The number of anilines is 3. The maximum atomic E-state index is 7.06. The summed E-state index contributed by atoms with van der Waals surface area (Å²) >= 11 is 8.82. The molecule has 6 aromatic carbocycles. The normalized spacial score (nSPS) is 11.8. The van der Waals surface area contributed by atoms with Gasteiger partial charge in [-0.2, -0.15) is 0 Å². The van der Waals surface area contributed by atoms with Crippen LogP contribution >= 0.6 is 22.9 Å². The van der Waals surface area contributed by atoms with Crippen molar-refractivity contribution in [1.82, 2.24) is 0 Å². The molecular weight excluding hydrogens is 506 g/mol. The summed E-state index contributed by atoms with van der Waals surface area (Å²) in [7, 11) is 0. The van der Waals surface area contributed by atoms with Gasteiger partial charge in [0.25, 0.3) is 0 Å². The van der Waals surface area contributed by atoms with Crippen LogP contribution in [0.4, 0.5) is 17.1 Å². The molecule has 0 spiro atoms. The average molecular weight is 526 g/mol. The van der Waals surface area contributed by atoms with Gasteiger partial charge >= 0.3 is 0 Å². The molecule has 2 aromatic heterocycles. The molecule has 0 fully saturated rings. The van der Waals surface area contributed by atoms with Crippen LogP contribution in [0.15, 0.2) is 126 Å². The number of furan rings is 1. The zero-order chi connectivity index (χ0) is 25.2. The minimum atomic E-state index is 0.757. The Morgan fingerprint density at radius 2 is 1.34 bits per heavy atom. The predicted octanol–water partition coefficient (Wildman–Crippen LogP) is 11.2. The largest absolute Gasteiger partial charge is 0.456 e. The van der Waals surface area contributed by atoms with Gasteiger partial charge in [-0.1, -0.05) is 84.4 Å². The molecule has 4 heteroatoms. The van der Waals surface area contributed by atoms with E-state index < -0.39 is 0 Å². The molecule has 8 rings (SSSR count). The van der Waals surface area contributed by atoms with Crippen molar-refractivity contribution < 1.29 is 4.42 Å². The molecule has 2 heterocycles. The second kappa shape index (κ2) is 8.35.